The SMILES string of the molecule is CCOc1cncc(N(C)CCC2CC2)n1. The second-order valence-electron chi connectivity index (χ2n) is 4.30. The van der Waals surface area contributed by atoms with E-state index >= 15 is 0 Å². The van der Waals surface area contributed by atoms with E-state index in [0.717, 1.165) is 18.3 Å². The van der Waals surface area contributed by atoms with E-state index in [-0.39, 0.29) is 0 Å². The van der Waals surface area contributed by atoms with Crippen molar-refractivity contribution in [1.29, 1.82) is 0 Å². The highest BCUT2D eigenvalue weighted by Crippen LogP contribution is 2.32. The van der Waals surface area contributed by atoms with Crippen molar-refractivity contribution >= 4 is 5.82 Å². The van der Waals surface area contributed by atoms with E-state index in [1.807, 2.05) is 6.92 Å². The number of hydrogen-bond acceptors (Lipinski definition) is 4. The summed E-state index contributed by atoms with van der Waals surface area (Å²) in [7, 11) is 2.06. The zero-order chi connectivity index (χ0) is 11.4. The zero-order valence-corrected chi connectivity index (χ0v) is 10.0. The lowest BCUT2D eigenvalue weighted by molar-refractivity contribution is 0.325. The maximum absolute atomic E-state index is 5.33. The van der Waals surface area contributed by atoms with Crippen molar-refractivity contribution in [3.63, 3.8) is 0 Å². The Labute approximate surface area is 96.7 Å². The molecule has 1 aromatic rings. The number of ether oxygens (including phenoxy) is 1. The molecule has 4 nitrogen and oxygen atoms in total. The predicted molar refractivity (Wildman–Crippen MR) is 63.8 cm³/mol. The Morgan fingerprint density at radius 3 is 2.94 bits per heavy atom. The maximum atomic E-state index is 5.33. The van der Waals surface area contributed by atoms with Gasteiger partial charge in [-0.1, -0.05) is 12.8 Å². The average Bonchev–Trinajstić information content (AvgIpc) is 3.10. The highest BCUT2D eigenvalue weighted by atomic mass is 16.5. The van der Waals surface area contributed by atoms with E-state index in [1.165, 1.54) is 19.3 Å². The molecule has 1 saturated carbocycles. The zero-order valence-electron chi connectivity index (χ0n) is 10.0. The van der Waals surface area contributed by atoms with Gasteiger partial charge in [-0.05, 0) is 19.3 Å². The Morgan fingerprint density at radius 2 is 2.25 bits per heavy atom. The van der Waals surface area contributed by atoms with Crippen molar-refractivity contribution in [1.82, 2.24) is 9.97 Å². The molecule has 1 fully saturated rings. The summed E-state index contributed by atoms with van der Waals surface area (Å²) in [5.41, 5.74) is 0. The molecule has 1 aliphatic rings. The fourth-order valence-electron chi connectivity index (χ4n) is 1.64. The largest absolute Gasteiger partial charge is 0.477 e. The molecule has 0 aromatic carbocycles. The number of rotatable bonds is 6. The molecule has 0 radical (unpaired) electrons. The van der Waals surface area contributed by atoms with Crippen LogP contribution in [-0.2, 0) is 0 Å². The lowest BCUT2D eigenvalue weighted by Crippen LogP contribution is -2.20. The molecule has 16 heavy (non-hydrogen) atoms. The fourth-order valence-corrected chi connectivity index (χ4v) is 1.64. The third-order valence-electron chi connectivity index (χ3n) is 2.85. The van der Waals surface area contributed by atoms with Crippen molar-refractivity contribution in [2.45, 2.75) is 26.2 Å². The molecule has 2 rings (SSSR count). The molecule has 0 N–H and O–H groups in total. The van der Waals surface area contributed by atoms with Crippen molar-refractivity contribution in [3.8, 4) is 5.88 Å². The van der Waals surface area contributed by atoms with Crippen LogP contribution >= 0.6 is 0 Å². The molecule has 0 amide bonds. The Balaban J connectivity index is 1.92. The van der Waals surface area contributed by atoms with Gasteiger partial charge in [-0.3, -0.25) is 4.98 Å². The van der Waals surface area contributed by atoms with Crippen LogP contribution in [0.15, 0.2) is 12.4 Å². The molecule has 4 heteroatoms. The summed E-state index contributed by atoms with van der Waals surface area (Å²) in [6, 6.07) is 0. The Bertz CT molecular complexity index is 339. The van der Waals surface area contributed by atoms with Crippen LogP contribution in [0.1, 0.15) is 26.2 Å². The monoisotopic (exact) mass is 221 g/mol. The van der Waals surface area contributed by atoms with Gasteiger partial charge in [0.1, 0.15) is 0 Å². The molecule has 0 spiro atoms. The van der Waals surface area contributed by atoms with Gasteiger partial charge in [-0.15, -0.1) is 0 Å². The van der Waals surface area contributed by atoms with Crippen LogP contribution in [0.4, 0.5) is 5.82 Å². The van der Waals surface area contributed by atoms with Gasteiger partial charge in [-0.2, -0.15) is 4.98 Å². The van der Waals surface area contributed by atoms with Gasteiger partial charge in [0.05, 0.1) is 19.0 Å². The van der Waals surface area contributed by atoms with Crippen LogP contribution in [0.2, 0.25) is 0 Å². The lowest BCUT2D eigenvalue weighted by Gasteiger charge is -2.17. The molecule has 88 valence electrons. The van der Waals surface area contributed by atoms with E-state index in [1.54, 1.807) is 12.4 Å². The van der Waals surface area contributed by atoms with Crippen molar-refractivity contribution in [2.24, 2.45) is 5.92 Å². The first-order valence-corrected chi connectivity index (χ1v) is 5.95. The minimum Gasteiger partial charge on any atom is -0.477 e. The summed E-state index contributed by atoms with van der Waals surface area (Å²) in [5.74, 6) is 2.45. The molecule has 0 aliphatic heterocycles. The third kappa shape index (κ3) is 3.08. The van der Waals surface area contributed by atoms with Gasteiger partial charge in [0, 0.05) is 13.6 Å². The topological polar surface area (TPSA) is 38.2 Å². The lowest BCUT2D eigenvalue weighted by atomic mass is 10.3. The van der Waals surface area contributed by atoms with Crippen LogP contribution in [0, 0.1) is 5.92 Å². The Kier molecular flexibility index (Phi) is 3.59. The van der Waals surface area contributed by atoms with Gasteiger partial charge in [0.25, 0.3) is 0 Å². The fraction of sp³-hybridized carbons (Fsp3) is 0.667. The molecule has 0 bridgehead atoms. The van der Waals surface area contributed by atoms with Crippen LogP contribution in [0.25, 0.3) is 0 Å². The first kappa shape index (κ1) is 11.2. The number of aromatic nitrogens is 2. The van der Waals surface area contributed by atoms with E-state index in [4.69, 9.17) is 4.74 Å². The molecule has 0 atom stereocenters. The normalized spacial score (nSPS) is 14.9. The summed E-state index contributed by atoms with van der Waals surface area (Å²) in [6.45, 7) is 3.63. The number of nitrogens with zero attached hydrogens (tertiary/aromatic N) is 3. The highest BCUT2D eigenvalue weighted by molar-refractivity contribution is 5.36. The first-order chi connectivity index (χ1) is 7.79. The van der Waals surface area contributed by atoms with Crippen LogP contribution in [-0.4, -0.2) is 30.2 Å². The van der Waals surface area contributed by atoms with Gasteiger partial charge in [-0.25, -0.2) is 0 Å². The minimum atomic E-state index is 0.610. The van der Waals surface area contributed by atoms with E-state index in [2.05, 4.69) is 21.9 Å². The Hall–Kier alpha value is -1.32. The average molecular weight is 221 g/mol. The summed E-state index contributed by atoms with van der Waals surface area (Å²) < 4.78 is 5.33. The first-order valence-electron chi connectivity index (χ1n) is 5.95. The van der Waals surface area contributed by atoms with E-state index < -0.39 is 0 Å². The summed E-state index contributed by atoms with van der Waals surface area (Å²) >= 11 is 0. The standard InChI is InChI=1S/C12H19N3O/c1-3-16-12-9-13-8-11(14-12)15(2)7-6-10-4-5-10/h8-10H,3-7H2,1-2H3. The third-order valence-corrected chi connectivity index (χ3v) is 2.85. The van der Waals surface area contributed by atoms with Crippen molar-refractivity contribution < 1.29 is 4.74 Å². The molecule has 1 heterocycles. The minimum absolute atomic E-state index is 0.610. The molecule has 1 aliphatic carbocycles. The molecule has 1 aromatic heterocycles. The van der Waals surface area contributed by atoms with Gasteiger partial charge < -0.3 is 9.64 Å². The summed E-state index contributed by atoms with van der Waals surface area (Å²) in [5, 5.41) is 0. The summed E-state index contributed by atoms with van der Waals surface area (Å²) in [6.07, 6.45) is 7.51. The van der Waals surface area contributed by atoms with Gasteiger partial charge in [0.2, 0.25) is 5.88 Å². The van der Waals surface area contributed by atoms with Gasteiger partial charge >= 0.3 is 0 Å². The quantitative estimate of drug-likeness (QED) is 0.737. The van der Waals surface area contributed by atoms with Crippen LogP contribution in [0.5, 0.6) is 5.88 Å². The number of hydrogen-bond donors (Lipinski definition) is 0. The summed E-state index contributed by atoms with van der Waals surface area (Å²) in [4.78, 5) is 10.7. The van der Waals surface area contributed by atoms with Crippen LogP contribution in [0.3, 0.4) is 0 Å². The molecule has 0 unspecified atom stereocenters. The highest BCUT2D eigenvalue weighted by Gasteiger charge is 2.21. The molecular formula is C12H19N3O. The second kappa shape index (κ2) is 5.14. The van der Waals surface area contributed by atoms with E-state index in [0.29, 0.717) is 12.5 Å². The predicted octanol–water partition coefficient (Wildman–Crippen LogP) is 2.11. The smallest absolute Gasteiger partial charge is 0.234 e. The number of anilines is 1. The van der Waals surface area contributed by atoms with E-state index in [9.17, 15) is 0 Å². The Morgan fingerprint density at radius 1 is 1.44 bits per heavy atom. The maximum Gasteiger partial charge on any atom is 0.234 e. The molecule has 0 saturated heterocycles. The second-order valence-corrected chi connectivity index (χ2v) is 4.30. The molecular weight excluding hydrogens is 202 g/mol. The van der Waals surface area contributed by atoms with Crippen LogP contribution < -0.4 is 9.64 Å². The van der Waals surface area contributed by atoms with Gasteiger partial charge in [0.15, 0.2) is 5.82 Å². The van der Waals surface area contributed by atoms with Crippen molar-refractivity contribution in [2.75, 3.05) is 25.1 Å². The van der Waals surface area contributed by atoms with Crippen molar-refractivity contribution in [3.05, 3.63) is 12.4 Å².